The van der Waals surface area contributed by atoms with Crippen LogP contribution >= 0.6 is 0 Å². The number of hydrogen-bond acceptors (Lipinski definition) is 4. The molecule has 3 N–H and O–H groups in total. The van der Waals surface area contributed by atoms with E-state index in [0.29, 0.717) is 12.8 Å². The summed E-state index contributed by atoms with van der Waals surface area (Å²) in [5, 5.41) is 11.5. The molecule has 0 saturated heterocycles. The zero-order valence-corrected chi connectivity index (χ0v) is 8.99. The van der Waals surface area contributed by atoms with Crippen LogP contribution in [0, 0.1) is 16.7 Å². The third-order valence-electron chi connectivity index (χ3n) is 2.63. The second kappa shape index (κ2) is 5.47. The average molecular weight is 225 g/mol. The van der Waals surface area contributed by atoms with Crippen molar-refractivity contribution in [2.75, 3.05) is 19.8 Å². The first-order valence-corrected chi connectivity index (χ1v) is 5.16. The van der Waals surface area contributed by atoms with Crippen molar-refractivity contribution in [2.45, 2.75) is 19.3 Å². The summed E-state index contributed by atoms with van der Waals surface area (Å²) in [6.07, 6.45) is 2.16. The lowest BCUT2D eigenvalue weighted by Gasteiger charge is -2.33. The van der Waals surface area contributed by atoms with Gasteiger partial charge in [-0.1, -0.05) is 0 Å². The molecule has 1 saturated carbocycles. The van der Waals surface area contributed by atoms with Gasteiger partial charge in [0.05, 0.1) is 12.7 Å². The number of amides is 2. The second-order valence-corrected chi connectivity index (χ2v) is 3.82. The smallest absolute Gasteiger partial charge is 0.243 e. The van der Waals surface area contributed by atoms with E-state index in [1.54, 1.807) is 0 Å². The summed E-state index contributed by atoms with van der Waals surface area (Å²) in [5.41, 5.74) is 4.03. The Morgan fingerprint density at radius 2 is 2.19 bits per heavy atom. The third kappa shape index (κ3) is 2.94. The predicted octanol–water partition coefficient (Wildman–Crippen LogP) is -0.702. The highest BCUT2D eigenvalue weighted by Crippen LogP contribution is 2.40. The van der Waals surface area contributed by atoms with E-state index in [1.165, 1.54) is 0 Å². The molecule has 6 nitrogen and oxygen atoms in total. The zero-order chi connectivity index (χ0) is 12.0. The van der Waals surface area contributed by atoms with Crippen molar-refractivity contribution in [3.8, 4) is 6.07 Å². The highest BCUT2D eigenvalue weighted by molar-refractivity contribution is 5.86. The second-order valence-electron chi connectivity index (χ2n) is 3.82. The van der Waals surface area contributed by atoms with Crippen molar-refractivity contribution in [2.24, 2.45) is 11.1 Å². The molecule has 0 aromatic carbocycles. The number of carbonyl (C=O) groups is 2. The Hall–Kier alpha value is -1.61. The van der Waals surface area contributed by atoms with Gasteiger partial charge in [-0.15, -0.1) is 0 Å². The minimum atomic E-state index is -0.830. The van der Waals surface area contributed by atoms with Crippen LogP contribution in [-0.2, 0) is 14.3 Å². The molecule has 0 aliphatic heterocycles. The summed E-state index contributed by atoms with van der Waals surface area (Å²) in [4.78, 5) is 21.9. The number of nitriles is 1. The Morgan fingerprint density at radius 1 is 1.50 bits per heavy atom. The van der Waals surface area contributed by atoms with E-state index < -0.39 is 11.3 Å². The number of rotatable bonds is 6. The first-order valence-electron chi connectivity index (χ1n) is 5.16. The highest BCUT2D eigenvalue weighted by Gasteiger charge is 2.44. The molecule has 1 aliphatic carbocycles. The van der Waals surface area contributed by atoms with Crippen molar-refractivity contribution < 1.29 is 14.3 Å². The van der Waals surface area contributed by atoms with Gasteiger partial charge in [0.15, 0.2) is 0 Å². The number of ether oxygens (including phenoxy) is 1. The number of carbonyl (C=O) groups excluding carboxylic acids is 2. The minimum absolute atomic E-state index is 0.154. The van der Waals surface area contributed by atoms with Crippen molar-refractivity contribution >= 4 is 11.8 Å². The van der Waals surface area contributed by atoms with Gasteiger partial charge in [-0.2, -0.15) is 5.26 Å². The Bertz CT molecular complexity index is 318. The van der Waals surface area contributed by atoms with E-state index in [9.17, 15) is 9.59 Å². The molecule has 0 heterocycles. The quantitative estimate of drug-likeness (QED) is 0.583. The Morgan fingerprint density at radius 3 is 2.62 bits per heavy atom. The van der Waals surface area contributed by atoms with Gasteiger partial charge in [-0.3, -0.25) is 9.59 Å². The molecular weight excluding hydrogens is 210 g/mol. The topological polar surface area (TPSA) is 105 Å². The van der Waals surface area contributed by atoms with Crippen LogP contribution < -0.4 is 11.1 Å². The SMILES string of the molecule is N#CC1(C(=O)NCCOCC(N)=O)CCC1. The largest absolute Gasteiger partial charge is 0.370 e. The fourth-order valence-electron chi connectivity index (χ4n) is 1.50. The maximum Gasteiger partial charge on any atom is 0.243 e. The van der Waals surface area contributed by atoms with E-state index in [2.05, 4.69) is 5.32 Å². The van der Waals surface area contributed by atoms with Crippen molar-refractivity contribution in [1.82, 2.24) is 5.32 Å². The van der Waals surface area contributed by atoms with Crippen LogP contribution in [0.4, 0.5) is 0 Å². The third-order valence-corrected chi connectivity index (χ3v) is 2.63. The molecule has 1 fully saturated rings. The van der Waals surface area contributed by atoms with Crippen molar-refractivity contribution in [3.05, 3.63) is 0 Å². The van der Waals surface area contributed by atoms with E-state index in [1.807, 2.05) is 6.07 Å². The molecule has 1 aliphatic rings. The molecule has 0 spiro atoms. The van der Waals surface area contributed by atoms with E-state index >= 15 is 0 Å². The molecule has 0 aromatic heterocycles. The van der Waals surface area contributed by atoms with Crippen LogP contribution in [0.2, 0.25) is 0 Å². The molecule has 88 valence electrons. The lowest BCUT2D eigenvalue weighted by Crippen LogP contribution is -2.45. The fourth-order valence-corrected chi connectivity index (χ4v) is 1.50. The van der Waals surface area contributed by atoms with Crippen LogP contribution in [-0.4, -0.2) is 31.6 Å². The first-order chi connectivity index (χ1) is 7.60. The number of nitrogens with two attached hydrogens (primary N) is 1. The molecule has 0 unspecified atom stereocenters. The Kier molecular flexibility index (Phi) is 4.26. The lowest BCUT2D eigenvalue weighted by atomic mass is 9.69. The van der Waals surface area contributed by atoms with Gasteiger partial charge in [0, 0.05) is 6.54 Å². The van der Waals surface area contributed by atoms with Crippen LogP contribution in [0.5, 0.6) is 0 Å². The zero-order valence-electron chi connectivity index (χ0n) is 8.99. The van der Waals surface area contributed by atoms with Crippen molar-refractivity contribution in [1.29, 1.82) is 5.26 Å². The number of nitrogens with one attached hydrogen (secondary N) is 1. The van der Waals surface area contributed by atoms with E-state index in [-0.39, 0.29) is 25.7 Å². The van der Waals surface area contributed by atoms with Crippen LogP contribution in [0.1, 0.15) is 19.3 Å². The summed E-state index contributed by atoms with van der Waals surface area (Å²) < 4.78 is 4.87. The summed E-state index contributed by atoms with van der Waals surface area (Å²) in [5.74, 6) is -0.789. The van der Waals surface area contributed by atoms with Crippen LogP contribution in [0.25, 0.3) is 0 Å². The summed E-state index contributed by atoms with van der Waals surface area (Å²) in [6.45, 7) is 0.352. The van der Waals surface area contributed by atoms with Gasteiger partial charge in [0.25, 0.3) is 0 Å². The predicted molar refractivity (Wildman–Crippen MR) is 54.9 cm³/mol. The standard InChI is InChI=1S/C10H15N3O3/c11-7-10(2-1-3-10)9(15)13-4-5-16-6-8(12)14/h1-6H2,(H2,12,14)(H,13,15). The number of nitrogens with zero attached hydrogens (tertiary/aromatic N) is 1. The molecule has 6 heteroatoms. The molecule has 0 radical (unpaired) electrons. The molecule has 1 rings (SSSR count). The highest BCUT2D eigenvalue weighted by atomic mass is 16.5. The molecule has 2 amide bonds. The monoisotopic (exact) mass is 225 g/mol. The maximum atomic E-state index is 11.6. The Labute approximate surface area is 93.7 Å². The Balaban J connectivity index is 2.16. The molecule has 0 bridgehead atoms. The van der Waals surface area contributed by atoms with Gasteiger partial charge < -0.3 is 15.8 Å². The fraction of sp³-hybridized carbons (Fsp3) is 0.700. The van der Waals surface area contributed by atoms with Gasteiger partial charge in [0.1, 0.15) is 12.0 Å². The van der Waals surface area contributed by atoms with Crippen LogP contribution in [0.3, 0.4) is 0 Å². The normalized spacial score (nSPS) is 16.9. The van der Waals surface area contributed by atoms with Crippen LogP contribution in [0.15, 0.2) is 0 Å². The maximum absolute atomic E-state index is 11.6. The molecular formula is C10H15N3O3. The lowest BCUT2D eigenvalue weighted by molar-refractivity contribution is -0.132. The summed E-state index contributed by atoms with van der Waals surface area (Å²) >= 11 is 0. The van der Waals surface area contributed by atoms with Crippen molar-refractivity contribution in [3.63, 3.8) is 0 Å². The van der Waals surface area contributed by atoms with Gasteiger partial charge in [-0.05, 0) is 19.3 Å². The molecule has 0 aromatic rings. The summed E-state index contributed by atoms with van der Waals surface area (Å²) in [7, 11) is 0. The molecule has 0 atom stereocenters. The summed E-state index contributed by atoms with van der Waals surface area (Å²) in [6, 6.07) is 2.05. The minimum Gasteiger partial charge on any atom is -0.370 e. The van der Waals surface area contributed by atoms with E-state index in [4.69, 9.17) is 15.7 Å². The van der Waals surface area contributed by atoms with Gasteiger partial charge >= 0.3 is 0 Å². The van der Waals surface area contributed by atoms with E-state index in [0.717, 1.165) is 6.42 Å². The number of hydrogen-bond donors (Lipinski definition) is 2. The first kappa shape index (κ1) is 12.5. The number of primary amides is 1. The van der Waals surface area contributed by atoms with Gasteiger partial charge in [0.2, 0.25) is 11.8 Å². The molecule has 16 heavy (non-hydrogen) atoms. The average Bonchev–Trinajstić information content (AvgIpc) is 2.16. The van der Waals surface area contributed by atoms with Gasteiger partial charge in [-0.25, -0.2) is 0 Å².